The molecule has 0 saturated heterocycles. The van der Waals surface area contributed by atoms with Gasteiger partial charge in [-0.2, -0.15) is 5.48 Å². The van der Waals surface area contributed by atoms with Gasteiger partial charge in [-0.05, 0) is 6.07 Å². The Bertz CT molecular complexity index is 374. The number of benzene rings is 1. The van der Waals surface area contributed by atoms with Crippen molar-refractivity contribution in [2.75, 3.05) is 7.05 Å². The molecule has 0 aliphatic heterocycles. The fourth-order valence-electron chi connectivity index (χ4n) is 1.24. The number of carbonyl (C=O) groups is 2. The smallest absolute Gasteiger partial charge is 0.357 e. The van der Waals surface area contributed by atoms with Gasteiger partial charge in [-0.1, -0.05) is 25.1 Å². The number of nitrogens with one attached hydrogen (secondary N) is 1. The number of hydroxylamine groups is 1. The van der Waals surface area contributed by atoms with Gasteiger partial charge in [0.1, 0.15) is 0 Å². The number of rotatable bonds is 4. The molecule has 0 heterocycles. The van der Waals surface area contributed by atoms with Gasteiger partial charge in [0.2, 0.25) is 0 Å². The predicted octanol–water partition coefficient (Wildman–Crippen LogP) is 1.57. The van der Waals surface area contributed by atoms with Crippen LogP contribution < -0.4 is 5.48 Å². The zero-order chi connectivity index (χ0) is 11.3. The molecule has 80 valence electrons. The SMILES string of the molecule is CCC(=O)c1ccccc1C(=O)ONC. The summed E-state index contributed by atoms with van der Waals surface area (Å²) in [6.07, 6.45) is 0.365. The van der Waals surface area contributed by atoms with E-state index in [2.05, 4.69) is 10.3 Å². The predicted molar refractivity (Wildman–Crippen MR) is 55.5 cm³/mol. The van der Waals surface area contributed by atoms with Crippen molar-refractivity contribution in [1.82, 2.24) is 5.48 Å². The van der Waals surface area contributed by atoms with Crippen LogP contribution in [0.1, 0.15) is 34.1 Å². The first-order valence-electron chi connectivity index (χ1n) is 4.70. The third-order valence-electron chi connectivity index (χ3n) is 1.96. The minimum Gasteiger partial charge on any atom is -0.367 e. The van der Waals surface area contributed by atoms with Gasteiger partial charge in [0.15, 0.2) is 5.78 Å². The third-order valence-corrected chi connectivity index (χ3v) is 1.96. The lowest BCUT2D eigenvalue weighted by atomic mass is 10.0. The number of Topliss-reactive ketones (excluding diaryl/α,β-unsaturated/α-hetero) is 1. The zero-order valence-corrected chi connectivity index (χ0v) is 8.74. The summed E-state index contributed by atoms with van der Waals surface area (Å²) >= 11 is 0. The molecule has 0 bridgehead atoms. The second-order valence-corrected chi connectivity index (χ2v) is 2.92. The molecule has 0 aliphatic rings. The summed E-state index contributed by atoms with van der Waals surface area (Å²) in [6.45, 7) is 1.75. The van der Waals surface area contributed by atoms with E-state index in [0.717, 1.165) is 0 Å². The molecule has 0 radical (unpaired) electrons. The molecule has 1 aromatic carbocycles. The number of ketones is 1. The van der Waals surface area contributed by atoms with E-state index in [1.165, 1.54) is 7.05 Å². The van der Waals surface area contributed by atoms with Gasteiger partial charge in [-0.3, -0.25) is 4.79 Å². The maximum atomic E-state index is 11.5. The molecule has 4 heteroatoms. The van der Waals surface area contributed by atoms with Crippen molar-refractivity contribution in [1.29, 1.82) is 0 Å². The molecule has 4 nitrogen and oxygen atoms in total. The molecule has 1 aromatic rings. The summed E-state index contributed by atoms with van der Waals surface area (Å²) in [5.41, 5.74) is 2.98. The van der Waals surface area contributed by atoms with Crippen molar-refractivity contribution in [3.8, 4) is 0 Å². The Morgan fingerprint density at radius 1 is 1.27 bits per heavy atom. The minimum absolute atomic E-state index is 0.0707. The van der Waals surface area contributed by atoms with E-state index in [1.54, 1.807) is 31.2 Å². The average Bonchev–Trinajstić information content (AvgIpc) is 2.28. The van der Waals surface area contributed by atoms with Crippen LogP contribution in [0.2, 0.25) is 0 Å². The summed E-state index contributed by atoms with van der Waals surface area (Å²) in [5.74, 6) is -0.617. The summed E-state index contributed by atoms with van der Waals surface area (Å²) < 4.78 is 0. The van der Waals surface area contributed by atoms with E-state index in [1.807, 2.05) is 0 Å². The quantitative estimate of drug-likeness (QED) is 0.601. The monoisotopic (exact) mass is 207 g/mol. The van der Waals surface area contributed by atoms with Crippen molar-refractivity contribution >= 4 is 11.8 Å². The molecule has 1 rings (SSSR count). The zero-order valence-electron chi connectivity index (χ0n) is 8.74. The van der Waals surface area contributed by atoms with Crippen molar-refractivity contribution < 1.29 is 14.4 Å². The Balaban J connectivity index is 3.06. The Kier molecular flexibility index (Phi) is 4.00. The van der Waals surface area contributed by atoms with Gasteiger partial charge < -0.3 is 4.84 Å². The molecule has 0 aliphatic carbocycles. The first-order chi connectivity index (χ1) is 7.20. The van der Waals surface area contributed by atoms with Crippen LogP contribution in [-0.2, 0) is 4.84 Å². The van der Waals surface area contributed by atoms with E-state index in [4.69, 9.17) is 0 Å². The highest BCUT2D eigenvalue weighted by Gasteiger charge is 2.15. The highest BCUT2D eigenvalue weighted by molar-refractivity contribution is 6.06. The van der Waals surface area contributed by atoms with Gasteiger partial charge in [-0.15, -0.1) is 0 Å². The van der Waals surface area contributed by atoms with Crippen LogP contribution in [0.25, 0.3) is 0 Å². The van der Waals surface area contributed by atoms with Gasteiger partial charge in [-0.25, -0.2) is 4.79 Å². The van der Waals surface area contributed by atoms with E-state index in [-0.39, 0.29) is 5.78 Å². The molecular weight excluding hydrogens is 194 g/mol. The molecule has 15 heavy (non-hydrogen) atoms. The molecule has 0 aromatic heterocycles. The third kappa shape index (κ3) is 2.63. The topological polar surface area (TPSA) is 55.4 Å². The van der Waals surface area contributed by atoms with Crippen LogP contribution in [0.4, 0.5) is 0 Å². The lowest BCUT2D eigenvalue weighted by molar-refractivity contribution is 0.0307. The number of hydrogen-bond donors (Lipinski definition) is 1. The molecule has 1 N–H and O–H groups in total. The van der Waals surface area contributed by atoms with Crippen molar-refractivity contribution in [3.05, 3.63) is 35.4 Å². The van der Waals surface area contributed by atoms with Crippen LogP contribution in [0.15, 0.2) is 24.3 Å². The van der Waals surface area contributed by atoms with E-state index < -0.39 is 5.97 Å². The Morgan fingerprint density at radius 3 is 2.40 bits per heavy atom. The highest BCUT2D eigenvalue weighted by Crippen LogP contribution is 2.12. The van der Waals surface area contributed by atoms with Crippen molar-refractivity contribution in [2.24, 2.45) is 0 Å². The molecule has 0 spiro atoms. The fraction of sp³-hybridized carbons (Fsp3) is 0.273. The van der Waals surface area contributed by atoms with Crippen LogP contribution in [-0.4, -0.2) is 18.8 Å². The summed E-state index contributed by atoms with van der Waals surface area (Å²) in [7, 11) is 1.49. The lowest BCUT2D eigenvalue weighted by Crippen LogP contribution is -2.17. The van der Waals surface area contributed by atoms with E-state index >= 15 is 0 Å². The van der Waals surface area contributed by atoms with Crippen molar-refractivity contribution in [3.63, 3.8) is 0 Å². The van der Waals surface area contributed by atoms with Crippen molar-refractivity contribution in [2.45, 2.75) is 13.3 Å². The first-order valence-corrected chi connectivity index (χ1v) is 4.70. The number of hydrogen-bond acceptors (Lipinski definition) is 4. The standard InChI is InChI=1S/C11H13NO3/c1-3-10(13)8-6-4-5-7-9(8)11(14)15-12-2/h4-7,12H,3H2,1-2H3. The molecule has 0 atom stereocenters. The summed E-state index contributed by atoms with van der Waals surface area (Å²) in [4.78, 5) is 27.6. The van der Waals surface area contributed by atoms with Gasteiger partial charge >= 0.3 is 5.97 Å². The van der Waals surface area contributed by atoms with Gasteiger partial charge in [0.25, 0.3) is 0 Å². The molecular formula is C11H13NO3. The molecule has 0 fully saturated rings. The number of carbonyl (C=O) groups excluding carboxylic acids is 2. The minimum atomic E-state index is -0.546. The maximum absolute atomic E-state index is 11.5. The Morgan fingerprint density at radius 2 is 1.87 bits per heavy atom. The van der Waals surface area contributed by atoms with E-state index in [0.29, 0.717) is 17.5 Å². The van der Waals surface area contributed by atoms with Gasteiger partial charge in [0, 0.05) is 19.0 Å². The molecule has 0 saturated carbocycles. The Labute approximate surface area is 88.2 Å². The second-order valence-electron chi connectivity index (χ2n) is 2.92. The lowest BCUT2D eigenvalue weighted by Gasteiger charge is -2.06. The average molecular weight is 207 g/mol. The maximum Gasteiger partial charge on any atom is 0.357 e. The van der Waals surface area contributed by atoms with Crippen LogP contribution in [0.5, 0.6) is 0 Å². The van der Waals surface area contributed by atoms with E-state index in [9.17, 15) is 9.59 Å². The highest BCUT2D eigenvalue weighted by atomic mass is 16.7. The molecule has 0 amide bonds. The summed E-state index contributed by atoms with van der Waals surface area (Å²) in [6, 6.07) is 6.61. The Hall–Kier alpha value is -1.68. The van der Waals surface area contributed by atoms with Crippen LogP contribution in [0, 0.1) is 0 Å². The largest absolute Gasteiger partial charge is 0.367 e. The molecule has 0 unspecified atom stereocenters. The second kappa shape index (κ2) is 5.26. The normalized spacial score (nSPS) is 9.73. The van der Waals surface area contributed by atoms with Gasteiger partial charge in [0.05, 0.1) is 5.56 Å². The first kappa shape index (κ1) is 11.4. The summed E-state index contributed by atoms with van der Waals surface area (Å²) in [5, 5.41) is 0. The van der Waals surface area contributed by atoms with Crippen LogP contribution in [0.3, 0.4) is 0 Å². The van der Waals surface area contributed by atoms with Crippen LogP contribution >= 0.6 is 0 Å². The fourth-order valence-corrected chi connectivity index (χ4v) is 1.24.